The minimum Gasteiger partial charge on any atom is -0.271 e. The third-order valence-electron chi connectivity index (χ3n) is 3.20. The molecule has 0 aromatic heterocycles. The zero-order valence-corrected chi connectivity index (χ0v) is 12.6. The zero-order chi connectivity index (χ0) is 15.4. The normalized spacial score (nSPS) is 12.4. The van der Waals surface area contributed by atoms with E-state index < -0.39 is 11.6 Å². The molecule has 0 saturated carbocycles. The van der Waals surface area contributed by atoms with Crippen molar-refractivity contribution in [2.45, 2.75) is 18.9 Å². The van der Waals surface area contributed by atoms with E-state index in [1.165, 1.54) is 12.1 Å². The fourth-order valence-corrected chi connectivity index (χ4v) is 2.43. The summed E-state index contributed by atoms with van der Waals surface area (Å²) < 4.78 is 26.9. The van der Waals surface area contributed by atoms with Crippen molar-refractivity contribution in [2.24, 2.45) is 5.84 Å². The van der Waals surface area contributed by atoms with Gasteiger partial charge < -0.3 is 0 Å². The van der Waals surface area contributed by atoms with Gasteiger partial charge in [-0.25, -0.2) is 8.78 Å². The largest absolute Gasteiger partial charge is 0.271 e. The maximum atomic E-state index is 13.7. The summed E-state index contributed by atoms with van der Waals surface area (Å²) >= 11 is 11.8. The van der Waals surface area contributed by atoms with Crippen molar-refractivity contribution in [1.29, 1.82) is 0 Å². The number of benzene rings is 2. The van der Waals surface area contributed by atoms with Gasteiger partial charge in [-0.15, -0.1) is 0 Å². The summed E-state index contributed by atoms with van der Waals surface area (Å²) in [4.78, 5) is 0. The molecule has 1 atom stereocenters. The average Bonchev–Trinajstić information content (AvgIpc) is 2.47. The molecule has 0 radical (unpaired) electrons. The van der Waals surface area contributed by atoms with Crippen molar-refractivity contribution in [1.82, 2.24) is 5.43 Å². The minimum atomic E-state index is -0.863. The van der Waals surface area contributed by atoms with Crippen LogP contribution in [0.3, 0.4) is 0 Å². The fourth-order valence-electron chi connectivity index (χ4n) is 2.11. The molecule has 112 valence electrons. The minimum absolute atomic E-state index is 0.251. The van der Waals surface area contributed by atoms with Crippen molar-refractivity contribution < 1.29 is 8.78 Å². The molecular formula is C15H14Cl2F2N2. The van der Waals surface area contributed by atoms with Crippen LogP contribution in [0.1, 0.15) is 11.1 Å². The third-order valence-corrected chi connectivity index (χ3v) is 3.94. The molecular weight excluding hydrogens is 317 g/mol. The summed E-state index contributed by atoms with van der Waals surface area (Å²) in [5.74, 6) is 3.80. The molecule has 2 rings (SSSR count). The van der Waals surface area contributed by atoms with Crippen molar-refractivity contribution >= 4 is 23.2 Å². The predicted molar refractivity (Wildman–Crippen MR) is 81.3 cm³/mol. The number of nitrogens with one attached hydrogen (secondary N) is 1. The SMILES string of the molecule is NNC(Cc1ccc(Cl)c(Cl)c1)Cc1cccc(F)c1F. The van der Waals surface area contributed by atoms with E-state index in [1.807, 2.05) is 6.07 Å². The first-order valence-corrected chi connectivity index (χ1v) is 7.09. The van der Waals surface area contributed by atoms with Gasteiger partial charge in [-0.3, -0.25) is 11.3 Å². The Bertz CT molecular complexity index is 635. The lowest BCUT2D eigenvalue weighted by molar-refractivity contribution is 0.474. The van der Waals surface area contributed by atoms with Gasteiger partial charge in [-0.05, 0) is 42.2 Å². The predicted octanol–water partition coefficient (Wildman–Crippen LogP) is 3.89. The summed E-state index contributed by atoms with van der Waals surface area (Å²) in [7, 11) is 0. The molecule has 2 aromatic rings. The molecule has 0 spiro atoms. The van der Waals surface area contributed by atoms with Crippen LogP contribution in [0.2, 0.25) is 10.0 Å². The molecule has 0 aliphatic rings. The summed E-state index contributed by atoms with van der Waals surface area (Å²) in [5, 5.41) is 0.913. The topological polar surface area (TPSA) is 38.0 Å². The highest BCUT2D eigenvalue weighted by Gasteiger charge is 2.14. The standard InChI is InChI=1S/C15H14Cl2F2N2/c16-12-5-4-9(7-13(12)17)6-11(21-20)8-10-2-1-3-14(18)15(10)19/h1-5,7,11,21H,6,8,20H2. The molecule has 3 N–H and O–H groups in total. The Morgan fingerprint density at radius 1 is 1.05 bits per heavy atom. The first-order valence-electron chi connectivity index (χ1n) is 6.34. The Balaban J connectivity index is 2.13. The van der Waals surface area contributed by atoms with Gasteiger partial charge in [-0.2, -0.15) is 0 Å². The van der Waals surface area contributed by atoms with Gasteiger partial charge in [0.05, 0.1) is 10.0 Å². The van der Waals surface area contributed by atoms with Crippen LogP contribution in [-0.2, 0) is 12.8 Å². The lowest BCUT2D eigenvalue weighted by Crippen LogP contribution is -2.38. The van der Waals surface area contributed by atoms with Gasteiger partial charge in [0.25, 0.3) is 0 Å². The molecule has 2 nitrogen and oxygen atoms in total. The van der Waals surface area contributed by atoms with Crippen LogP contribution >= 0.6 is 23.2 Å². The van der Waals surface area contributed by atoms with E-state index in [1.54, 1.807) is 12.1 Å². The monoisotopic (exact) mass is 330 g/mol. The molecule has 0 amide bonds. The Labute approximate surface area is 131 Å². The van der Waals surface area contributed by atoms with E-state index in [0.717, 1.165) is 11.6 Å². The molecule has 0 fully saturated rings. The lowest BCUT2D eigenvalue weighted by Gasteiger charge is -2.17. The van der Waals surface area contributed by atoms with Crippen molar-refractivity contribution in [2.75, 3.05) is 0 Å². The third kappa shape index (κ3) is 4.14. The van der Waals surface area contributed by atoms with E-state index in [4.69, 9.17) is 29.0 Å². The van der Waals surface area contributed by atoms with E-state index in [9.17, 15) is 8.78 Å². The second kappa shape index (κ2) is 7.18. The van der Waals surface area contributed by atoms with Gasteiger partial charge >= 0.3 is 0 Å². The summed E-state index contributed by atoms with van der Waals surface area (Å²) in [6.07, 6.45) is 0.781. The molecule has 6 heteroatoms. The fraction of sp³-hybridized carbons (Fsp3) is 0.200. The van der Waals surface area contributed by atoms with Crippen LogP contribution in [0, 0.1) is 11.6 Å². The highest BCUT2D eigenvalue weighted by Crippen LogP contribution is 2.23. The van der Waals surface area contributed by atoms with Gasteiger partial charge in [0.15, 0.2) is 11.6 Å². The van der Waals surface area contributed by atoms with E-state index in [-0.39, 0.29) is 18.0 Å². The molecule has 0 heterocycles. The Morgan fingerprint density at radius 2 is 1.81 bits per heavy atom. The van der Waals surface area contributed by atoms with Crippen molar-refractivity contribution in [3.8, 4) is 0 Å². The van der Waals surface area contributed by atoms with Crippen LogP contribution in [0.15, 0.2) is 36.4 Å². The molecule has 0 bridgehead atoms. The van der Waals surface area contributed by atoms with Gasteiger partial charge in [0.1, 0.15) is 0 Å². The number of rotatable bonds is 5. The molecule has 1 unspecified atom stereocenters. The molecule has 0 saturated heterocycles. The smallest absolute Gasteiger partial charge is 0.162 e. The zero-order valence-electron chi connectivity index (χ0n) is 11.0. The van der Waals surface area contributed by atoms with Gasteiger partial charge in [-0.1, -0.05) is 41.4 Å². The molecule has 0 aliphatic carbocycles. The Hall–Kier alpha value is -1.20. The Kier molecular flexibility index (Phi) is 5.53. The summed E-state index contributed by atoms with van der Waals surface area (Å²) in [6.45, 7) is 0. The number of nitrogens with two attached hydrogens (primary N) is 1. The Morgan fingerprint density at radius 3 is 2.48 bits per heavy atom. The summed E-state index contributed by atoms with van der Waals surface area (Å²) in [5.41, 5.74) is 3.80. The first-order chi connectivity index (χ1) is 10.0. The second-order valence-corrected chi connectivity index (χ2v) is 5.55. The van der Waals surface area contributed by atoms with Crippen LogP contribution in [0.25, 0.3) is 0 Å². The van der Waals surface area contributed by atoms with Crippen LogP contribution in [-0.4, -0.2) is 6.04 Å². The lowest BCUT2D eigenvalue weighted by atomic mass is 9.99. The number of hydrogen-bond donors (Lipinski definition) is 2. The van der Waals surface area contributed by atoms with E-state index >= 15 is 0 Å². The van der Waals surface area contributed by atoms with E-state index in [2.05, 4.69) is 5.43 Å². The summed E-state index contributed by atoms with van der Waals surface area (Å²) in [6, 6.07) is 9.09. The molecule has 21 heavy (non-hydrogen) atoms. The highest BCUT2D eigenvalue weighted by molar-refractivity contribution is 6.42. The van der Waals surface area contributed by atoms with Crippen LogP contribution in [0.4, 0.5) is 8.78 Å². The van der Waals surface area contributed by atoms with Crippen LogP contribution < -0.4 is 11.3 Å². The highest BCUT2D eigenvalue weighted by atomic mass is 35.5. The maximum Gasteiger partial charge on any atom is 0.162 e. The quantitative estimate of drug-likeness (QED) is 0.644. The molecule has 0 aliphatic heterocycles. The second-order valence-electron chi connectivity index (χ2n) is 4.73. The number of hydrazine groups is 1. The van der Waals surface area contributed by atoms with Crippen molar-refractivity contribution in [3.05, 3.63) is 69.2 Å². The van der Waals surface area contributed by atoms with Crippen molar-refractivity contribution in [3.63, 3.8) is 0 Å². The van der Waals surface area contributed by atoms with Gasteiger partial charge in [0, 0.05) is 6.04 Å². The van der Waals surface area contributed by atoms with Gasteiger partial charge in [0.2, 0.25) is 0 Å². The number of hydrogen-bond acceptors (Lipinski definition) is 2. The van der Waals surface area contributed by atoms with Crippen LogP contribution in [0.5, 0.6) is 0 Å². The molecule has 2 aromatic carbocycles. The average molecular weight is 331 g/mol. The maximum absolute atomic E-state index is 13.7. The first kappa shape index (κ1) is 16.2. The number of halogens is 4. The van der Waals surface area contributed by atoms with E-state index in [0.29, 0.717) is 16.5 Å².